The van der Waals surface area contributed by atoms with Crippen LogP contribution in [0.25, 0.3) is 0 Å². The molecule has 28 heavy (non-hydrogen) atoms. The van der Waals surface area contributed by atoms with Gasteiger partial charge in [0.05, 0.1) is 18.1 Å². The summed E-state index contributed by atoms with van der Waals surface area (Å²) in [5, 5.41) is 17.4. The Morgan fingerprint density at radius 2 is 2.07 bits per heavy atom. The van der Waals surface area contributed by atoms with Crippen LogP contribution < -0.4 is 15.4 Å². The lowest BCUT2D eigenvalue weighted by atomic mass is 10.1. The molecular weight excluding hydrogens is 471 g/mol. The minimum absolute atomic E-state index is 0. The summed E-state index contributed by atoms with van der Waals surface area (Å²) in [4.78, 5) is 15.0. The van der Waals surface area contributed by atoms with Crippen LogP contribution in [0.1, 0.15) is 23.6 Å². The van der Waals surface area contributed by atoms with E-state index in [2.05, 4.69) is 27.8 Å². The molecule has 7 nitrogen and oxygen atoms in total. The highest BCUT2D eigenvalue weighted by Crippen LogP contribution is 2.25. The van der Waals surface area contributed by atoms with E-state index in [4.69, 9.17) is 4.74 Å². The number of ether oxygens (including phenoxy) is 1. The maximum Gasteiger partial charge on any atom is 0.269 e. The van der Waals surface area contributed by atoms with Crippen molar-refractivity contribution < 1.29 is 9.66 Å². The average molecular weight is 496 g/mol. The van der Waals surface area contributed by atoms with Crippen LogP contribution in [0, 0.1) is 10.1 Å². The number of hydrogen-bond acceptors (Lipinski definition) is 4. The van der Waals surface area contributed by atoms with Gasteiger partial charge in [0.25, 0.3) is 5.69 Å². The van der Waals surface area contributed by atoms with Crippen LogP contribution in [-0.4, -0.2) is 30.6 Å². The number of fused-ring (bicyclic) bond motifs is 1. The molecule has 8 heteroatoms. The predicted molar refractivity (Wildman–Crippen MR) is 121 cm³/mol. The quantitative estimate of drug-likeness (QED) is 0.202. The van der Waals surface area contributed by atoms with Gasteiger partial charge in [-0.2, -0.15) is 0 Å². The van der Waals surface area contributed by atoms with Crippen molar-refractivity contribution in [3.63, 3.8) is 0 Å². The molecule has 0 aromatic heterocycles. The zero-order valence-corrected chi connectivity index (χ0v) is 18.1. The number of guanidine groups is 1. The molecule has 2 aromatic rings. The maximum atomic E-state index is 10.9. The second kappa shape index (κ2) is 10.8. The number of rotatable bonds is 7. The zero-order chi connectivity index (χ0) is 19.1. The highest BCUT2D eigenvalue weighted by molar-refractivity contribution is 14.0. The molecule has 3 rings (SSSR count). The Balaban J connectivity index is 0.00000280. The van der Waals surface area contributed by atoms with E-state index >= 15 is 0 Å². The Morgan fingerprint density at radius 3 is 2.86 bits per heavy atom. The molecule has 0 saturated carbocycles. The summed E-state index contributed by atoms with van der Waals surface area (Å²) in [7, 11) is 0. The third-order valence-electron chi connectivity index (χ3n) is 4.35. The highest BCUT2D eigenvalue weighted by atomic mass is 127. The van der Waals surface area contributed by atoms with Gasteiger partial charge >= 0.3 is 0 Å². The topological polar surface area (TPSA) is 88.8 Å². The second-order valence-corrected chi connectivity index (χ2v) is 6.34. The summed E-state index contributed by atoms with van der Waals surface area (Å²) in [6.07, 6.45) is 1.86. The molecule has 1 aliphatic rings. The molecule has 2 N–H and O–H groups in total. The van der Waals surface area contributed by atoms with Crippen molar-refractivity contribution >= 4 is 35.6 Å². The van der Waals surface area contributed by atoms with Gasteiger partial charge in [-0.1, -0.05) is 24.3 Å². The molecule has 0 aliphatic carbocycles. The van der Waals surface area contributed by atoms with E-state index < -0.39 is 4.92 Å². The summed E-state index contributed by atoms with van der Waals surface area (Å²) in [6, 6.07) is 12.9. The first kappa shape index (κ1) is 21.9. The lowest BCUT2D eigenvalue weighted by molar-refractivity contribution is -0.384. The van der Waals surface area contributed by atoms with Gasteiger partial charge in [0, 0.05) is 31.6 Å². The molecule has 0 bridgehead atoms. The third-order valence-corrected chi connectivity index (χ3v) is 4.35. The number of nitro groups is 1. The molecule has 0 radical (unpaired) electrons. The molecule has 0 atom stereocenters. The van der Waals surface area contributed by atoms with Gasteiger partial charge in [-0.3, -0.25) is 10.1 Å². The number of nitrogens with zero attached hydrogens (tertiary/aromatic N) is 2. The van der Waals surface area contributed by atoms with E-state index in [0.717, 1.165) is 43.9 Å². The van der Waals surface area contributed by atoms with Crippen LogP contribution in [0.15, 0.2) is 47.5 Å². The monoisotopic (exact) mass is 496 g/mol. The number of aliphatic imine (C=N–C) groups is 1. The van der Waals surface area contributed by atoms with E-state index in [1.165, 1.54) is 17.2 Å². The van der Waals surface area contributed by atoms with Gasteiger partial charge in [-0.05, 0) is 36.1 Å². The van der Waals surface area contributed by atoms with Crippen LogP contribution >= 0.6 is 24.0 Å². The van der Waals surface area contributed by atoms with Crippen molar-refractivity contribution in [2.75, 3.05) is 19.7 Å². The van der Waals surface area contributed by atoms with Crippen LogP contribution in [0.4, 0.5) is 5.69 Å². The number of nitrogens with one attached hydrogen (secondary N) is 2. The lowest BCUT2D eigenvalue weighted by Gasteiger charge is -2.12. The third kappa shape index (κ3) is 6.08. The minimum atomic E-state index is -0.391. The summed E-state index contributed by atoms with van der Waals surface area (Å²) in [5.74, 6) is 1.70. The van der Waals surface area contributed by atoms with Gasteiger partial charge in [-0.25, -0.2) is 4.99 Å². The standard InChI is InChI=1S/C20H24N4O3.HI/c1-2-21-20(23-14-16-4-3-5-18(13-16)24(25)26)22-10-8-15-6-7-19-17(12-15)9-11-27-19;/h3-7,12-13H,2,8-11,14H2,1H3,(H2,21,22,23);1H. The Bertz CT molecular complexity index is 842. The number of halogens is 1. The Hall–Kier alpha value is -2.36. The first-order valence-corrected chi connectivity index (χ1v) is 9.16. The van der Waals surface area contributed by atoms with Gasteiger partial charge in [-0.15, -0.1) is 24.0 Å². The van der Waals surface area contributed by atoms with Gasteiger partial charge < -0.3 is 15.4 Å². The van der Waals surface area contributed by atoms with E-state index in [-0.39, 0.29) is 29.7 Å². The first-order chi connectivity index (χ1) is 13.2. The molecule has 0 unspecified atom stereocenters. The van der Waals surface area contributed by atoms with Crippen molar-refractivity contribution in [1.29, 1.82) is 0 Å². The molecule has 0 saturated heterocycles. The van der Waals surface area contributed by atoms with Gasteiger partial charge in [0.1, 0.15) is 5.75 Å². The molecule has 0 spiro atoms. The smallest absolute Gasteiger partial charge is 0.269 e. The van der Waals surface area contributed by atoms with Crippen molar-refractivity contribution in [1.82, 2.24) is 10.6 Å². The van der Waals surface area contributed by atoms with E-state index in [9.17, 15) is 10.1 Å². The van der Waals surface area contributed by atoms with Crippen LogP contribution in [0.3, 0.4) is 0 Å². The average Bonchev–Trinajstić information content (AvgIpc) is 3.14. The molecule has 150 valence electrons. The largest absolute Gasteiger partial charge is 0.493 e. The minimum Gasteiger partial charge on any atom is -0.493 e. The normalized spacial score (nSPS) is 12.5. The highest BCUT2D eigenvalue weighted by Gasteiger charge is 2.11. The van der Waals surface area contributed by atoms with E-state index in [1.54, 1.807) is 12.1 Å². The maximum absolute atomic E-state index is 10.9. The second-order valence-electron chi connectivity index (χ2n) is 6.34. The predicted octanol–water partition coefficient (Wildman–Crippen LogP) is 3.45. The molecule has 1 heterocycles. The number of hydrogen-bond donors (Lipinski definition) is 2. The fourth-order valence-corrected chi connectivity index (χ4v) is 3.00. The molecule has 2 aromatic carbocycles. The van der Waals surface area contributed by atoms with E-state index in [1.807, 2.05) is 19.1 Å². The zero-order valence-electron chi connectivity index (χ0n) is 15.8. The molecule has 0 fully saturated rings. The van der Waals surface area contributed by atoms with Crippen LogP contribution in [0.5, 0.6) is 5.75 Å². The van der Waals surface area contributed by atoms with E-state index in [0.29, 0.717) is 12.5 Å². The van der Waals surface area contributed by atoms with Crippen LogP contribution in [-0.2, 0) is 19.4 Å². The molecule has 0 amide bonds. The first-order valence-electron chi connectivity index (χ1n) is 9.16. The summed E-state index contributed by atoms with van der Waals surface area (Å²) >= 11 is 0. The van der Waals surface area contributed by atoms with Crippen molar-refractivity contribution in [2.45, 2.75) is 26.3 Å². The van der Waals surface area contributed by atoms with Crippen molar-refractivity contribution in [3.8, 4) is 5.75 Å². The Labute approximate surface area is 181 Å². The van der Waals surface area contributed by atoms with Crippen molar-refractivity contribution in [3.05, 3.63) is 69.3 Å². The van der Waals surface area contributed by atoms with Gasteiger partial charge in [0.15, 0.2) is 5.96 Å². The Kier molecular flexibility index (Phi) is 8.49. The fraction of sp³-hybridized carbons (Fsp3) is 0.350. The summed E-state index contributed by atoms with van der Waals surface area (Å²) in [6.45, 7) is 4.65. The summed E-state index contributed by atoms with van der Waals surface area (Å²) < 4.78 is 5.54. The van der Waals surface area contributed by atoms with Gasteiger partial charge in [0.2, 0.25) is 0 Å². The van der Waals surface area contributed by atoms with Crippen molar-refractivity contribution in [2.24, 2.45) is 4.99 Å². The summed E-state index contributed by atoms with van der Waals surface area (Å²) in [5.41, 5.74) is 3.43. The fourth-order valence-electron chi connectivity index (χ4n) is 3.00. The number of nitro benzene ring substituents is 1. The van der Waals surface area contributed by atoms with Crippen LogP contribution in [0.2, 0.25) is 0 Å². The molecular formula is C20H25IN4O3. The Morgan fingerprint density at radius 1 is 1.21 bits per heavy atom. The number of non-ortho nitro benzene ring substituents is 1. The number of benzene rings is 2. The SMILES string of the molecule is CCNC(=NCc1cccc([N+](=O)[O-])c1)NCCc1ccc2c(c1)CCO2.I. The lowest BCUT2D eigenvalue weighted by Crippen LogP contribution is -2.38. The molecule has 1 aliphatic heterocycles.